The van der Waals surface area contributed by atoms with Crippen LogP contribution in [0, 0.1) is 18.5 Å². The maximum Gasteiger partial charge on any atom is 0.250 e. The summed E-state index contributed by atoms with van der Waals surface area (Å²) in [6.07, 6.45) is 1.60. The van der Waals surface area contributed by atoms with Crippen molar-refractivity contribution in [2.45, 2.75) is 11.5 Å². The Bertz CT molecular complexity index is 1160. The summed E-state index contributed by atoms with van der Waals surface area (Å²) in [6.45, 7) is 0.310. The van der Waals surface area contributed by atoms with Crippen LogP contribution >= 0.6 is 68.5 Å². The average molecular weight is 688 g/mol. The summed E-state index contributed by atoms with van der Waals surface area (Å²) in [5.74, 6) is 0.812. The lowest BCUT2D eigenvalue weighted by Gasteiger charge is -2.12. The number of hydrogen-bond acceptors (Lipinski definition) is 5. The number of halogens is 3. The fourth-order valence-corrected chi connectivity index (χ4v) is 5.53. The maximum absolute atomic E-state index is 12.0. The second kappa shape index (κ2) is 12.4. The molecule has 0 saturated heterocycles. The van der Waals surface area contributed by atoms with Gasteiger partial charge in [0, 0.05) is 15.5 Å². The van der Waals surface area contributed by atoms with E-state index < -0.39 is 0 Å². The molecule has 9 heteroatoms. The monoisotopic (exact) mass is 687 g/mol. The lowest BCUT2D eigenvalue weighted by Crippen LogP contribution is -2.19. The van der Waals surface area contributed by atoms with Crippen LogP contribution in [0.2, 0.25) is 5.02 Å². The van der Waals surface area contributed by atoms with Crippen molar-refractivity contribution in [1.29, 1.82) is 5.26 Å². The van der Waals surface area contributed by atoms with Crippen molar-refractivity contribution in [3.05, 3.63) is 89.5 Å². The van der Waals surface area contributed by atoms with Gasteiger partial charge in [-0.1, -0.05) is 29.8 Å². The number of benzene rings is 3. The molecule has 0 aliphatic rings. The van der Waals surface area contributed by atoms with Crippen LogP contribution in [0.25, 0.3) is 0 Å². The van der Waals surface area contributed by atoms with E-state index in [1.54, 1.807) is 24.4 Å². The number of nitrogens with zero attached hydrogens (tertiary/aromatic N) is 2. The van der Waals surface area contributed by atoms with E-state index in [0.29, 0.717) is 17.2 Å². The van der Waals surface area contributed by atoms with Crippen molar-refractivity contribution in [3.63, 3.8) is 0 Å². The predicted octanol–water partition coefficient (Wildman–Crippen LogP) is 6.24. The van der Waals surface area contributed by atoms with Crippen molar-refractivity contribution in [3.8, 4) is 11.8 Å². The molecular weight excluding hydrogens is 672 g/mol. The number of amides is 1. The highest BCUT2D eigenvalue weighted by molar-refractivity contribution is 14.1. The van der Waals surface area contributed by atoms with Gasteiger partial charge in [0.15, 0.2) is 0 Å². The fourth-order valence-electron chi connectivity index (χ4n) is 2.59. The number of hydrogen-bond donors (Lipinski definition) is 1. The van der Waals surface area contributed by atoms with Crippen molar-refractivity contribution in [1.82, 2.24) is 5.43 Å². The molecule has 0 unspecified atom stereocenters. The molecule has 1 N–H and O–H groups in total. The van der Waals surface area contributed by atoms with Gasteiger partial charge in [-0.2, -0.15) is 10.4 Å². The number of nitrogens with one attached hydrogen (secondary N) is 1. The first-order valence-electron chi connectivity index (χ1n) is 9.26. The number of carbonyl (C=O) groups is 1. The second-order valence-corrected chi connectivity index (χ2v) is 10.2. The SMILES string of the molecule is N#Cc1ccccc1COc1c(I)cc(/C=N\NC(=O)CSc2ccc(Cl)cc2)cc1I. The Labute approximate surface area is 222 Å². The van der Waals surface area contributed by atoms with Crippen LogP contribution in [-0.2, 0) is 11.4 Å². The molecular formula is C23H16ClI2N3O2S. The molecule has 3 rings (SSSR count). The molecule has 3 aromatic carbocycles. The molecule has 0 atom stereocenters. The summed E-state index contributed by atoms with van der Waals surface area (Å²) < 4.78 is 7.81. The molecule has 162 valence electrons. The van der Waals surface area contributed by atoms with Crippen LogP contribution in [0.3, 0.4) is 0 Å². The lowest BCUT2D eigenvalue weighted by molar-refractivity contribution is -0.118. The van der Waals surface area contributed by atoms with Crippen molar-refractivity contribution >= 4 is 80.7 Å². The zero-order valence-electron chi connectivity index (χ0n) is 16.5. The third kappa shape index (κ3) is 7.37. The van der Waals surface area contributed by atoms with Gasteiger partial charge in [-0.15, -0.1) is 11.8 Å². The van der Waals surface area contributed by atoms with Gasteiger partial charge in [0.05, 0.1) is 30.7 Å². The van der Waals surface area contributed by atoms with E-state index >= 15 is 0 Å². The van der Waals surface area contributed by atoms with E-state index in [4.69, 9.17) is 16.3 Å². The Kier molecular flexibility index (Phi) is 9.65. The van der Waals surface area contributed by atoms with E-state index in [9.17, 15) is 10.1 Å². The smallest absolute Gasteiger partial charge is 0.250 e. The first kappa shape index (κ1) is 24.8. The topological polar surface area (TPSA) is 74.5 Å². The Hall–Kier alpha value is -1.81. The molecule has 3 aromatic rings. The van der Waals surface area contributed by atoms with E-state index in [2.05, 4.69) is 61.8 Å². The standard InChI is InChI=1S/C23H16ClI2N3O2S/c24-18-5-7-19(8-6-18)32-14-22(30)29-28-12-15-9-20(25)23(21(26)10-15)31-13-17-4-2-1-3-16(17)11-27/h1-10,12H,13-14H2,(H,29,30)/b28-12-. The Morgan fingerprint density at radius 1 is 1.16 bits per heavy atom. The predicted molar refractivity (Wildman–Crippen MR) is 145 cm³/mol. The van der Waals surface area contributed by atoms with Gasteiger partial charge < -0.3 is 4.74 Å². The molecule has 0 fully saturated rings. The van der Waals surface area contributed by atoms with Crippen LogP contribution < -0.4 is 10.2 Å². The molecule has 0 aliphatic carbocycles. The van der Waals surface area contributed by atoms with Gasteiger partial charge >= 0.3 is 0 Å². The maximum atomic E-state index is 12.0. The minimum absolute atomic E-state index is 0.193. The molecule has 5 nitrogen and oxygen atoms in total. The number of ether oxygens (including phenoxy) is 1. The van der Waals surface area contributed by atoms with Gasteiger partial charge in [-0.3, -0.25) is 4.79 Å². The van der Waals surface area contributed by atoms with E-state index in [-0.39, 0.29) is 11.7 Å². The third-order valence-corrected chi connectivity index (χ3v) is 6.98. The lowest BCUT2D eigenvalue weighted by atomic mass is 10.1. The van der Waals surface area contributed by atoms with E-state index in [1.165, 1.54) is 11.8 Å². The van der Waals surface area contributed by atoms with Crippen molar-refractivity contribution < 1.29 is 9.53 Å². The van der Waals surface area contributed by atoms with Crippen molar-refractivity contribution in [2.24, 2.45) is 5.10 Å². The van der Waals surface area contributed by atoms with E-state index in [1.807, 2.05) is 42.5 Å². The summed E-state index contributed by atoms with van der Waals surface area (Å²) in [6, 6.07) is 20.7. The molecule has 1 amide bonds. The summed E-state index contributed by atoms with van der Waals surface area (Å²) in [5.41, 5.74) is 4.83. The highest BCUT2D eigenvalue weighted by Crippen LogP contribution is 2.29. The normalized spacial score (nSPS) is 10.7. The van der Waals surface area contributed by atoms with Gasteiger partial charge in [-0.25, -0.2) is 5.43 Å². The first-order chi connectivity index (χ1) is 15.5. The molecule has 0 radical (unpaired) electrons. The Morgan fingerprint density at radius 2 is 1.84 bits per heavy atom. The zero-order chi connectivity index (χ0) is 22.9. The molecule has 0 heterocycles. The van der Waals surface area contributed by atoms with Crippen molar-refractivity contribution in [2.75, 3.05) is 5.75 Å². The van der Waals surface area contributed by atoms with Crippen LogP contribution in [0.5, 0.6) is 5.75 Å². The van der Waals surface area contributed by atoms with Gasteiger partial charge in [0.1, 0.15) is 12.4 Å². The van der Waals surface area contributed by atoms with E-state index in [0.717, 1.165) is 28.9 Å². The number of thioether (sulfide) groups is 1. The summed E-state index contributed by atoms with van der Waals surface area (Å²) in [4.78, 5) is 13.0. The largest absolute Gasteiger partial charge is 0.487 e. The zero-order valence-corrected chi connectivity index (χ0v) is 22.4. The fraction of sp³-hybridized carbons (Fsp3) is 0.0870. The minimum Gasteiger partial charge on any atom is -0.487 e. The molecule has 0 bridgehead atoms. The number of carbonyl (C=O) groups excluding carboxylic acids is 1. The Morgan fingerprint density at radius 3 is 2.53 bits per heavy atom. The Balaban J connectivity index is 1.55. The molecule has 0 saturated carbocycles. The third-order valence-electron chi connectivity index (χ3n) is 4.12. The summed E-state index contributed by atoms with van der Waals surface area (Å²) in [7, 11) is 0. The molecule has 0 spiro atoms. The second-order valence-electron chi connectivity index (χ2n) is 6.41. The first-order valence-corrected chi connectivity index (χ1v) is 12.8. The highest BCUT2D eigenvalue weighted by Gasteiger charge is 2.10. The minimum atomic E-state index is -0.193. The van der Waals surface area contributed by atoms with Crippen LogP contribution in [-0.4, -0.2) is 17.9 Å². The van der Waals surface area contributed by atoms with Crippen LogP contribution in [0.15, 0.2) is 70.7 Å². The number of nitriles is 1. The molecule has 0 aromatic heterocycles. The molecule has 0 aliphatic heterocycles. The van der Waals surface area contributed by atoms with Gasteiger partial charge in [0.2, 0.25) is 5.91 Å². The van der Waals surface area contributed by atoms with Gasteiger partial charge in [0.25, 0.3) is 0 Å². The number of rotatable bonds is 8. The van der Waals surface area contributed by atoms with Gasteiger partial charge in [-0.05, 0) is 93.2 Å². The summed E-state index contributed by atoms with van der Waals surface area (Å²) in [5, 5.41) is 13.9. The quantitative estimate of drug-likeness (QED) is 0.132. The average Bonchev–Trinajstić information content (AvgIpc) is 2.78. The number of hydrazone groups is 1. The van der Waals surface area contributed by atoms with Crippen LogP contribution in [0.4, 0.5) is 0 Å². The van der Waals surface area contributed by atoms with Crippen LogP contribution in [0.1, 0.15) is 16.7 Å². The highest BCUT2D eigenvalue weighted by atomic mass is 127. The summed E-state index contributed by atoms with van der Waals surface area (Å²) >= 11 is 11.7. The molecule has 32 heavy (non-hydrogen) atoms.